The summed E-state index contributed by atoms with van der Waals surface area (Å²) in [6.45, 7) is 6.19. The number of benzene rings is 2. The molecule has 0 aromatic heterocycles. The third-order valence-corrected chi connectivity index (χ3v) is 4.09. The first-order valence-electron chi connectivity index (χ1n) is 6.14. The molecule has 0 radical (unpaired) electrons. The van der Waals surface area contributed by atoms with E-state index in [0.717, 1.165) is 10.0 Å². The van der Waals surface area contributed by atoms with E-state index in [1.165, 1.54) is 13.2 Å². The average molecular weight is 574 g/mol. The third-order valence-electron chi connectivity index (χ3n) is 3.60. The van der Waals surface area contributed by atoms with E-state index in [0.29, 0.717) is 17.1 Å². The molecule has 0 spiro atoms. The maximum Gasteiger partial charge on any atom is 0.169 e. The summed E-state index contributed by atoms with van der Waals surface area (Å²) < 4.78 is 26.0. The largest absolute Gasteiger partial charge is 0.497 e. The number of ether oxygens (including phenoxy) is 2. The fourth-order valence-corrected chi connectivity index (χ4v) is 2.84. The van der Waals surface area contributed by atoms with E-state index in [2.05, 4.69) is 22.9 Å². The molecule has 1 aliphatic heterocycles. The van der Waals surface area contributed by atoms with E-state index in [1.807, 2.05) is 25.1 Å². The quantitative estimate of drug-likeness (QED) is 0.455. The van der Waals surface area contributed by atoms with Gasteiger partial charge in [0.25, 0.3) is 0 Å². The van der Waals surface area contributed by atoms with Crippen LogP contribution in [0.2, 0.25) is 0 Å². The molecule has 2 aromatic carbocycles. The molecule has 0 fully saturated rings. The van der Waals surface area contributed by atoms with Gasteiger partial charge in [0.1, 0.15) is 11.5 Å². The first-order chi connectivity index (χ1) is 9.43. The van der Waals surface area contributed by atoms with Crippen LogP contribution in [-0.4, -0.2) is 7.11 Å². The Kier molecular flexibility index (Phi) is 4.78. The second-order valence-electron chi connectivity index (χ2n) is 5.06. The Hall–Kier alpha value is -0.498. The zero-order chi connectivity index (χ0) is 14.5. The Bertz CT molecular complexity index is 701. The molecule has 2 aromatic rings. The molecular formula is C16H13BrFO2U-. The van der Waals surface area contributed by atoms with Gasteiger partial charge >= 0.3 is 0 Å². The van der Waals surface area contributed by atoms with Gasteiger partial charge in [-0.1, -0.05) is 22.9 Å². The van der Waals surface area contributed by atoms with Gasteiger partial charge in [0.2, 0.25) is 0 Å². The molecule has 0 N–H and O–H groups in total. The molecule has 1 heterocycles. The molecule has 1 atom stereocenters. The number of hydrogen-bond acceptors (Lipinski definition) is 2. The van der Waals surface area contributed by atoms with Crippen molar-refractivity contribution in [1.82, 2.24) is 0 Å². The summed E-state index contributed by atoms with van der Waals surface area (Å²) in [4.78, 5) is 0. The van der Waals surface area contributed by atoms with E-state index in [9.17, 15) is 4.39 Å². The van der Waals surface area contributed by atoms with Gasteiger partial charge in [-0.2, -0.15) is 0 Å². The van der Waals surface area contributed by atoms with Crippen molar-refractivity contribution in [2.75, 3.05) is 7.11 Å². The standard InChI is InChI=1S/C16H13BrFO2.U/c1-16(2)11-6-9(17)4-5-14(11)20-15-12(16)7-10(19-3)8-13(15)18;/h4-8H,1H2,2-3H3;/q-1;. The molecule has 1 unspecified atom stereocenters. The van der Waals surface area contributed by atoms with E-state index in [4.69, 9.17) is 9.47 Å². The summed E-state index contributed by atoms with van der Waals surface area (Å²) >= 11 is 3.44. The Balaban J connectivity index is 0.00000161. The summed E-state index contributed by atoms with van der Waals surface area (Å²) in [6, 6.07) is 8.72. The van der Waals surface area contributed by atoms with Crippen molar-refractivity contribution in [2.24, 2.45) is 0 Å². The fraction of sp³-hybridized carbons (Fsp3) is 0.188. The third kappa shape index (κ3) is 2.76. The van der Waals surface area contributed by atoms with Crippen LogP contribution in [0, 0.1) is 43.9 Å². The van der Waals surface area contributed by atoms with Gasteiger partial charge in [-0.15, -0.1) is 5.41 Å². The first kappa shape index (κ1) is 16.9. The summed E-state index contributed by atoms with van der Waals surface area (Å²) in [5.41, 5.74) is 0.981. The zero-order valence-corrected chi connectivity index (χ0v) is 17.4. The molecule has 0 saturated heterocycles. The van der Waals surface area contributed by atoms with Crippen molar-refractivity contribution >= 4 is 15.9 Å². The SMILES string of the molecule is [CH2-]C1(C)c2cc(Br)ccc2Oc2c(F)cc(OC)cc21.[U]. The predicted molar refractivity (Wildman–Crippen MR) is 79.0 cm³/mol. The van der Waals surface area contributed by atoms with Crippen LogP contribution in [0.15, 0.2) is 34.8 Å². The van der Waals surface area contributed by atoms with Crippen LogP contribution in [0.25, 0.3) is 0 Å². The van der Waals surface area contributed by atoms with Gasteiger partial charge in [-0.05, 0) is 35.4 Å². The molecule has 2 nitrogen and oxygen atoms in total. The van der Waals surface area contributed by atoms with E-state index in [-0.39, 0.29) is 36.9 Å². The maximum atomic E-state index is 14.2. The molecule has 5 heteroatoms. The maximum absolute atomic E-state index is 14.2. The molecule has 3 rings (SSSR count). The van der Waals surface area contributed by atoms with Crippen LogP contribution in [0.3, 0.4) is 0 Å². The zero-order valence-electron chi connectivity index (χ0n) is 11.7. The van der Waals surface area contributed by atoms with Crippen molar-refractivity contribution in [3.8, 4) is 17.2 Å². The van der Waals surface area contributed by atoms with Gasteiger partial charge in [0.15, 0.2) is 11.6 Å². The van der Waals surface area contributed by atoms with Gasteiger partial charge < -0.3 is 16.4 Å². The summed E-state index contributed by atoms with van der Waals surface area (Å²) in [5.74, 6) is 0.862. The van der Waals surface area contributed by atoms with Crippen LogP contribution >= 0.6 is 15.9 Å². The summed E-state index contributed by atoms with van der Waals surface area (Å²) in [5, 5.41) is 0. The van der Waals surface area contributed by atoms with Crippen LogP contribution in [0.1, 0.15) is 18.1 Å². The molecule has 0 aliphatic carbocycles. The number of hydrogen-bond donors (Lipinski definition) is 0. The predicted octanol–water partition coefficient (Wildman–Crippen LogP) is 4.84. The molecule has 108 valence electrons. The van der Waals surface area contributed by atoms with Crippen LogP contribution in [-0.2, 0) is 5.41 Å². The van der Waals surface area contributed by atoms with Crippen molar-refractivity contribution in [1.29, 1.82) is 0 Å². The smallest absolute Gasteiger partial charge is 0.169 e. The Morgan fingerprint density at radius 1 is 1.24 bits per heavy atom. The van der Waals surface area contributed by atoms with Crippen molar-refractivity contribution < 1.29 is 45.0 Å². The molecule has 1 aliphatic rings. The molecule has 0 saturated carbocycles. The average Bonchev–Trinajstić information content (AvgIpc) is 2.41. The Labute approximate surface area is 155 Å². The molecule has 21 heavy (non-hydrogen) atoms. The minimum Gasteiger partial charge on any atom is -0.497 e. The van der Waals surface area contributed by atoms with Gasteiger partial charge in [-0.3, -0.25) is 0 Å². The minimum absolute atomic E-state index is 0. The molecular weight excluding hydrogens is 561 g/mol. The first-order valence-corrected chi connectivity index (χ1v) is 6.94. The van der Waals surface area contributed by atoms with Crippen molar-refractivity contribution in [3.63, 3.8) is 0 Å². The fourth-order valence-electron chi connectivity index (χ4n) is 2.48. The van der Waals surface area contributed by atoms with Crippen LogP contribution in [0.5, 0.6) is 17.2 Å². The molecule has 0 bridgehead atoms. The van der Waals surface area contributed by atoms with Gasteiger partial charge in [0.05, 0.1) is 7.11 Å². The summed E-state index contributed by atoms with van der Waals surface area (Å²) in [7, 11) is 1.51. The topological polar surface area (TPSA) is 18.5 Å². The van der Waals surface area contributed by atoms with Crippen molar-refractivity contribution in [3.05, 3.63) is 58.7 Å². The van der Waals surface area contributed by atoms with E-state index in [1.54, 1.807) is 6.07 Å². The van der Waals surface area contributed by atoms with Crippen molar-refractivity contribution in [2.45, 2.75) is 12.3 Å². The van der Waals surface area contributed by atoms with Crippen LogP contribution in [0.4, 0.5) is 4.39 Å². The second kappa shape index (κ2) is 5.95. The number of fused-ring (bicyclic) bond motifs is 2. The number of halogens is 2. The normalized spacial score (nSPS) is 18.9. The molecule has 0 amide bonds. The van der Waals surface area contributed by atoms with Crippen LogP contribution < -0.4 is 9.47 Å². The Morgan fingerprint density at radius 2 is 1.95 bits per heavy atom. The van der Waals surface area contributed by atoms with E-state index < -0.39 is 11.2 Å². The Morgan fingerprint density at radius 3 is 2.62 bits per heavy atom. The second-order valence-corrected chi connectivity index (χ2v) is 5.98. The van der Waals surface area contributed by atoms with Gasteiger partial charge in [-0.25, -0.2) is 4.39 Å². The summed E-state index contributed by atoms with van der Waals surface area (Å²) in [6.07, 6.45) is 0. The monoisotopic (exact) mass is 573 g/mol. The van der Waals surface area contributed by atoms with Gasteiger partial charge in [0, 0.05) is 41.7 Å². The van der Waals surface area contributed by atoms with E-state index >= 15 is 0 Å². The number of rotatable bonds is 1. The number of methoxy groups -OCH3 is 1. The minimum atomic E-state index is -0.609.